The zero-order chi connectivity index (χ0) is 78.9. The van der Waals surface area contributed by atoms with Crippen LogP contribution in [-0.2, 0) is 20.4 Å². The summed E-state index contributed by atoms with van der Waals surface area (Å²) >= 11 is 6.26. The zero-order valence-electron chi connectivity index (χ0n) is 61.5. The van der Waals surface area contributed by atoms with Gasteiger partial charge in [-0.2, -0.15) is 16.8 Å². The highest BCUT2D eigenvalue weighted by Crippen LogP contribution is 2.40. The summed E-state index contributed by atoms with van der Waals surface area (Å²) in [4.78, 5) is 80.6. The van der Waals surface area contributed by atoms with Crippen molar-refractivity contribution < 1.29 is 64.3 Å². The van der Waals surface area contributed by atoms with E-state index in [-0.39, 0.29) is 22.5 Å². The molecule has 2 saturated heterocycles. The predicted molar refractivity (Wildman–Crippen MR) is 418 cm³/mol. The zero-order valence-corrected chi connectivity index (χ0v) is 63.9. The molecule has 0 unspecified atom stereocenters. The van der Waals surface area contributed by atoms with Crippen molar-refractivity contribution in [1.82, 2.24) is 64.6 Å². The van der Waals surface area contributed by atoms with Gasteiger partial charge in [0.15, 0.2) is 63.5 Å². The first-order valence-corrected chi connectivity index (χ1v) is 37.7. The molecular formula is C74H85ClN18O15S2. The van der Waals surface area contributed by atoms with Crippen molar-refractivity contribution >= 4 is 88.0 Å². The Morgan fingerprint density at radius 2 is 0.927 bits per heavy atom. The molecule has 2 aliphatic rings. The summed E-state index contributed by atoms with van der Waals surface area (Å²) in [7, 11) is 5.16. The van der Waals surface area contributed by atoms with Crippen molar-refractivity contribution in [2.75, 3.05) is 106 Å². The Morgan fingerprint density at radius 1 is 0.509 bits per heavy atom. The fourth-order valence-corrected chi connectivity index (χ4v) is 12.7. The maximum Gasteiger partial charge on any atom is 0.274 e. The summed E-state index contributed by atoms with van der Waals surface area (Å²) < 4.78 is 90.2. The second kappa shape index (κ2) is 39.5. The van der Waals surface area contributed by atoms with Gasteiger partial charge in [-0.05, 0) is 136 Å². The molecule has 36 heteroatoms. The molecule has 13 rings (SSSR count). The molecule has 0 saturated carbocycles. The molecule has 33 nitrogen and oxygen atoms in total. The average molecular weight is 1570 g/mol. The molecule has 0 spiro atoms. The minimum absolute atomic E-state index is 0.113. The number of amides is 2. The summed E-state index contributed by atoms with van der Waals surface area (Å²) in [6, 6.07) is 35.0. The molecule has 2 fully saturated rings. The van der Waals surface area contributed by atoms with E-state index in [2.05, 4.69) is 64.8 Å². The van der Waals surface area contributed by atoms with Gasteiger partial charge in [0.1, 0.15) is 33.7 Å². The minimum Gasteiger partial charge on any atom is -0.493 e. The molecule has 11 N–H and O–H groups in total. The molecule has 0 bridgehead atoms. The molecule has 580 valence electrons. The summed E-state index contributed by atoms with van der Waals surface area (Å²) in [5, 5.41) is 18.0. The number of aromatic amines is 1. The number of carbonyl (C=O) groups excluding carboxylic acids is 2. The number of primary amides is 1. The molecule has 0 radical (unpaired) electrons. The number of pyridine rings is 4. The Balaban J connectivity index is 0.000000163. The molecule has 2 aliphatic heterocycles. The SMILES string of the molecule is COc1cc(NC(=O)c2ccccn2)c(C(N)=O)cc1OC.COc1cc2nc(-c3ccccn3)[nH]c(=O)c2cc1OC.COc1cc2nc(-c3ccccn3)nc(Cl)c2cc1OC.COc1cc2nc(-c3ccccn3)nc(N3CCC(CCNS(N)(=O)=O)CC3)c2cc1OC.NS(=O)(=O)NCCC1CCNCC1. The Labute approximate surface area is 639 Å². The summed E-state index contributed by atoms with van der Waals surface area (Å²) in [6.45, 7) is 4.48. The summed E-state index contributed by atoms with van der Waals surface area (Å²) in [6.07, 6.45) is 12.3. The van der Waals surface area contributed by atoms with Gasteiger partial charge in [-0.25, -0.2) is 44.6 Å². The number of rotatable bonds is 23. The van der Waals surface area contributed by atoms with E-state index in [9.17, 15) is 31.2 Å². The number of hydrogen-bond donors (Lipinski definition) is 8. The minimum atomic E-state index is -3.65. The maximum absolute atomic E-state index is 12.2. The van der Waals surface area contributed by atoms with Crippen LogP contribution in [0.25, 0.3) is 67.3 Å². The van der Waals surface area contributed by atoms with E-state index in [1.54, 1.807) is 102 Å². The molecule has 9 heterocycles. The van der Waals surface area contributed by atoms with Crippen LogP contribution in [0, 0.1) is 11.8 Å². The van der Waals surface area contributed by atoms with E-state index in [0.717, 1.165) is 81.4 Å². The second-order valence-electron chi connectivity index (χ2n) is 24.3. The number of anilines is 2. The van der Waals surface area contributed by atoms with Gasteiger partial charge in [-0.1, -0.05) is 35.9 Å². The van der Waals surface area contributed by atoms with Gasteiger partial charge in [0.25, 0.3) is 37.8 Å². The van der Waals surface area contributed by atoms with E-state index >= 15 is 0 Å². The van der Waals surface area contributed by atoms with Crippen LogP contribution >= 0.6 is 11.6 Å². The second-order valence-corrected chi connectivity index (χ2v) is 27.4. The predicted octanol–water partition coefficient (Wildman–Crippen LogP) is 8.09. The number of benzene rings is 4. The number of H-pyrrole nitrogens is 1. The van der Waals surface area contributed by atoms with Crippen molar-refractivity contribution in [1.29, 1.82) is 0 Å². The van der Waals surface area contributed by atoms with Crippen LogP contribution in [0.3, 0.4) is 0 Å². The van der Waals surface area contributed by atoms with E-state index in [1.807, 2.05) is 54.6 Å². The Hall–Kier alpha value is -11.6. The van der Waals surface area contributed by atoms with Gasteiger partial charge in [0.05, 0.1) is 90.1 Å². The third-order valence-corrected chi connectivity index (χ3v) is 18.8. The lowest BCUT2D eigenvalue weighted by Gasteiger charge is -2.33. The smallest absolute Gasteiger partial charge is 0.274 e. The number of methoxy groups -OCH3 is 8. The molecule has 2 amide bonds. The van der Waals surface area contributed by atoms with Crippen LogP contribution in [0.15, 0.2) is 151 Å². The molecular weight excluding hydrogens is 1480 g/mol. The number of nitrogens with one attached hydrogen (secondary N) is 5. The number of halogens is 1. The largest absolute Gasteiger partial charge is 0.493 e. The lowest BCUT2D eigenvalue weighted by molar-refractivity contribution is 0.100. The standard InChI is InChI=1S/C22H28N6O4S.C15H12ClN3O2.C15H15N3O4.C15H13N3O3.C7H17N3O2S/c1-31-19-13-16-18(14-20(19)32-2)26-21(17-5-3-4-9-24-17)27-22(16)28-11-7-15(8-12-28)6-10-25-33(23,29)30;1-20-12-7-9-11(8-13(12)21-2)18-15(19-14(9)16)10-5-3-4-6-17-10;1-21-12-7-9(14(16)19)11(8-13(12)22-2)18-15(20)10-5-3-4-6-17-10;1-20-12-7-9-11(8-13(12)21-2)17-14(18-15(9)19)10-5-3-4-6-16-10;8-13(11,12)10-6-3-7-1-4-9-5-2-7/h3-5,9,13-15,25H,6-8,10-12H2,1-2H3,(H2,23,29,30);3-8H,1-2H3;3-8H,1-2H3,(H2,16,19)(H,18,20);3-8H,1-2H3,(H,17,18,19);7,9-10H,1-6H2,(H2,8,11,12). The van der Waals surface area contributed by atoms with Gasteiger partial charge >= 0.3 is 0 Å². The van der Waals surface area contributed by atoms with Gasteiger partial charge in [-0.3, -0.25) is 34.3 Å². The number of nitrogens with two attached hydrogens (primary N) is 3. The average Bonchev–Trinajstić information content (AvgIpc) is 0.784. The first kappa shape index (κ1) is 82.5. The molecule has 4 aromatic carbocycles. The number of piperidine rings is 2. The van der Waals surface area contributed by atoms with Gasteiger partial charge < -0.3 is 64.1 Å². The van der Waals surface area contributed by atoms with Crippen molar-refractivity contribution in [2.24, 2.45) is 27.8 Å². The number of nitrogens with zero attached hydrogens (tertiary/aromatic N) is 10. The van der Waals surface area contributed by atoms with E-state index in [1.165, 1.54) is 46.8 Å². The van der Waals surface area contributed by atoms with Crippen LogP contribution in [0.5, 0.6) is 46.0 Å². The lowest BCUT2D eigenvalue weighted by Crippen LogP contribution is -2.37. The van der Waals surface area contributed by atoms with Gasteiger partial charge in [0, 0.05) is 86.0 Å². The van der Waals surface area contributed by atoms with Gasteiger partial charge in [0.2, 0.25) is 0 Å². The van der Waals surface area contributed by atoms with Gasteiger partial charge in [-0.15, -0.1) is 0 Å². The summed E-state index contributed by atoms with van der Waals surface area (Å²) in [5.74, 6) is 6.25. The van der Waals surface area contributed by atoms with Crippen LogP contribution in [0.2, 0.25) is 5.15 Å². The lowest BCUT2D eigenvalue weighted by atomic mass is 9.93. The first-order chi connectivity index (χ1) is 53.0. The highest BCUT2D eigenvalue weighted by atomic mass is 35.5. The number of aromatic nitrogens is 10. The molecule has 0 atom stereocenters. The highest BCUT2D eigenvalue weighted by Gasteiger charge is 2.26. The number of ether oxygens (including phenoxy) is 8. The molecule has 110 heavy (non-hydrogen) atoms. The number of fused-ring (bicyclic) bond motifs is 3. The van der Waals surface area contributed by atoms with Crippen LogP contribution in [0.1, 0.15) is 59.4 Å². The third kappa shape index (κ3) is 22.8. The van der Waals surface area contributed by atoms with E-state index in [0.29, 0.717) is 132 Å². The van der Waals surface area contributed by atoms with Crippen molar-refractivity contribution in [3.63, 3.8) is 0 Å². The molecule has 11 aromatic rings. The van der Waals surface area contributed by atoms with Crippen LogP contribution in [-0.4, -0.2) is 175 Å². The van der Waals surface area contributed by atoms with Crippen molar-refractivity contribution in [3.8, 4) is 80.6 Å². The van der Waals surface area contributed by atoms with Crippen molar-refractivity contribution in [3.05, 3.63) is 173 Å². The van der Waals surface area contributed by atoms with E-state index < -0.39 is 32.2 Å². The molecule has 0 aliphatic carbocycles. The number of hydrogen-bond acceptors (Lipinski definition) is 26. The Bertz CT molecular complexity index is 5240. The fourth-order valence-electron chi connectivity index (χ4n) is 11.7. The fraction of sp³-hybridized carbons (Fsp3) is 0.297. The normalized spacial score (nSPS) is 13.0. The highest BCUT2D eigenvalue weighted by molar-refractivity contribution is 7.87. The Morgan fingerprint density at radius 3 is 1.39 bits per heavy atom. The quantitative estimate of drug-likeness (QED) is 0.0280. The topological polar surface area (TPSA) is 455 Å². The molecule has 7 aromatic heterocycles. The first-order valence-electron chi connectivity index (χ1n) is 34.2. The van der Waals surface area contributed by atoms with E-state index in [4.69, 9.17) is 75.5 Å². The summed E-state index contributed by atoms with van der Waals surface area (Å²) in [5.41, 5.74) is 9.55. The van der Waals surface area contributed by atoms with Crippen LogP contribution in [0.4, 0.5) is 11.5 Å². The maximum atomic E-state index is 12.2. The number of carbonyl (C=O) groups is 2. The third-order valence-electron chi connectivity index (χ3n) is 17.3. The van der Waals surface area contributed by atoms with Crippen LogP contribution < -0.4 is 84.4 Å². The monoisotopic (exact) mass is 1560 g/mol. The van der Waals surface area contributed by atoms with Crippen molar-refractivity contribution in [2.45, 2.75) is 38.5 Å². The Kier molecular flexibility index (Phi) is 29.6.